The SMILES string of the molecule is O=C1/C(=C\c2ccc(-c3ccc(Cl)cc3)o2)SC(=S)N1C1CCC2CCCCC2C1. The summed E-state index contributed by atoms with van der Waals surface area (Å²) in [5.74, 6) is 3.07. The number of hydrogen-bond donors (Lipinski definition) is 0. The number of carbonyl (C=O) groups excluding carboxylic acids is 1. The van der Waals surface area contributed by atoms with E-state index in [1.807, 2.05) is 47.4 Å². The van der Waals surface area contributed by atoms with E-state index in [9.17, 15) is 4.79 Å². The number of nitrogens with zero attached hydrogens (tertiary/aromatic N) is 1. The second-order valence-corrected chi connectivity index (χ2v) is 10.6. The minimum atomic E-state index is 0.0358. The van der Waals surface area contributed by atoms with Crippen molar-refractivity contribution in [3.05, 3.63) is 52.1 Å². The van der Waals surface area contributed by atoms with Crippen molar-refractivity contribution >= 4 is 51.9 Å². The molecular weight excluding hydrogens is 434 g/mol. The van der Waals surface area contributed by atoms with Crippen molar-refractivity contribution < 1.29 is 9.21 Å². The first kappa shape index (κ1) is 20.3. The number of benzene rings is 1. The first-order valence-corrected chi connectivity index (χ1v) is 12.3. The molecule has 30 heavy (non-hydrogen) atoms. The Kier molecular flexibility index (Phi) is 5.78. The van der Waals surface area contributed by atoms with Gasteiger partial charge in [0.2, 0.25) is 0 Å². The van der Waals surface area contributed by atoms with Crippen LogP contribution < -0.4 is 0 Å². The number of thioether (sulfide) groups is 1. The molecule has 2 aliphatic carbocycles. The third kappa shape index (κ3) is 4.00. The summed E-state index contributed by atoms with van der Waals surface area (Å²) in [6.07, 6.45) is 10.6. The third-order valence-corrected chi connectivity index (χ3v) is 8.31. The summed E-state index contributed by atoms with van der Waals surface area (Å²) in [6.45, 7) is 0. The van der Waals surface area contributed by atoms with Gasteiger partial charge in [0.1, 0.15) is 15.8 Å². The van der Waals surface area contributed by atoms with E-state index in [-0.39, 0.29) is 11.9 Å². The Labute approximate surface area is 191 Å². The Bertz CT molecular complexity index is 997. The number of rotatable bonds is 3. The Hall–Kier alpha value is -1.56. The quantitative estimate of drug-likeness (QED) is 0.361. The maximum atomic E-state index is 13.2. The van der Waals surface area contributed by atoms with Gasteiger partial charge in [0.15, 0.2) is 0 Å². The molecule has 156 valence electrons. The number of thiocarbonyl (C=S) groups is 1. The van der Waals surface area contributed by atoms with E-state index >= 15 is 0 Å². The van der Waals surface area contributed by atoms with Gasteiger partial charge in [-0.05, 0) is 67.5 Å². The highest BCUT2D eigenvalue weighted by Gasteiger charge is 2.41. The van der Waals surface area contributed by atoms with Crippen molar-refractivity contribution in [2.75, 3.05) is 0 Å². The van der Waals surface area contributed by atoms with Crippen molar-refractivity contribution in [3.8, 4) is 11.3 Å². The lowest BCUT2D eigenvalue weighted by molar-refractivity contribution is -0.124. The average Bonchev–Trinajstić information content (AvgIpc) is 3.33. The van der Waals surface area contributed by atoms with Crippen LogP contribution in [-0.2, 0) is 4.79 Å². The molecule has 2 heterocycles. The van der Waals surface area contributed by atoms with Crippen LogP contribution in [0.4, 0.5) is 0 Å². The fourth-order valence-corrected chi connectivity index (χ4v) is 6.71. The monoisotopic (exact) mass is 457 g/mol. The van der Waals surface area contributed by atoms with E-state index < -0.39 is 0 Å². The molecule has 0 radical (unpaired) electrons. The maximum Gasteiger partial charge on any atom is 0.266 e. The number of amides is 1. The predicted molar refractivity (Wildman–Crippen MR) is 127 cm³/mol. The maximum absolute atomic E-state index is 13.2. The van der Waals surface area contributed by atoms with Crippen molar-refractivity contribution in [2.45, 2.75) is 51.0 Å². The van der Waals surface area contributed by atoms with Crippen LogP contribution >= 0.6 is 35.6 Å². The molecule has 1 aromatic heterocycles. The molecule has 1 aliphatic heterocycles. The molecule has 3 unspecified atom stereocenters. The largest absolute Gasteiger partial charge is 0.457 e. The second kappa shape index (κ2) is 8.52. The Morgan fingerprint density at radius 1 is 1.03 bits per heavy atom. The molecule has 1 saturated heterocycles. The van der Waals surface area contributed by atoms with E-state index in [1.165, 1.54) is 43.9 Å². The Morgan fingerprint density at radius 3 is 2.60 bits per heavy atom. The molecular formula is C24H24ClNO2S2. The zero-order valence-corrected chi connectivity index (χ0v) is 19.1. The van der Waals surface area contributed by atoms with Crippen LogP contribution in [0.1, 0.15) is 50.7 Å². The summed E-state index contributed by atoms with van der Waals surface area (Å²) in [7, 11) is 0. The Balaban J connectivity index is 1.32. The van der Waals surface area contributed by atoms with Gasteiger partial charge in [0.05, 0.1) is 4.91 Å². The van der Waals surface area contributed by atoms with Crippen LogP contribution in [0.5, 0.6) is 0 Å². The molecule has 2 saturated carbocycles. The highest BCUT2D eigenvalue weighted by Crippen LogP contribution is 2.44. The molecule has 3 atom stereocenters. The smallest absolute Gasteiger partial charge is 0.266 e. The van der Waals surface area contributed by atoms with E-state index in [0.29, 0.717) is 20.0 Å². The lowest BCUT2D eigenvalue weighted by Gasteiger charge is -2.41. The molecule has 1 aromatic carbocycles. The molecule has 5 rings (SSSR count). The fourth-order valence-electron chi connectivity index (χ4n) is 5.21. The summed E-state index contributed by atoms with van der Waals surface area (Å²) in [5.41, 5.74) is 0.954. The van der Waals surface area contributed by atoms with E-state index in [4.69, 9.17) is 28.2 Å². The Morgan fingerprint density at radius 2 is 1.80 bits per heavy atom. The van der Waals surface area contributed by atoms with Crippen molar-refractivity contribution in [3.63, 3.8) is 0 Å². The van der Waals surface area contributed by atoms with Crippen LogP contribution in [0.2, 0.25) is 5.02 Å². The zero-order valence-electron chi connectivity index (χ0n) is 16.7. The summed E-state index contributed by atoms with van der Waals surface area (Å²) in [4.78, 5) is 15.7. The first-order valence-electron chi connectivity index (χ1n) is 10.7. The number of furan rings is 1. The lowest BCUT2D eigenvalue weighted by Crippen LogP contribution is -2.44. The molecule has 0 N–H and O–H groups in total. The van der Waals surface area contributed by atoms with Gasteiger partial charge in [-0.1, -0.05) is 61.3 Å². The standard InChI is InChI=1S/C24H24ClNO2S2/c25-18-8-5-16(6-9-18)21-12-11-20(28-21)14-22-23(27)26(24(29)30-22)19-10-7-15-3-1-2-4-17(15)13-19/h5-6,8-9,11-12,14-15,17,19H,1-4,7,10,13H2/b22-14+. The van der Waals surface area contributed by atoms with Gasteiger partial charge in [0.25, 0.3) is 5.91 Å². The molecule has 2 aromatic rings. The minimum Gasteiger partial charge on any atom is -0.457 e. The molecule has 1 amide bonds. The zero-order chi connectivity index (χ0) is 20.7. The number of carbonyl (C=O) groups is 1. The van der Waals surface area contributed by atoms with Crippen molar-refractivity contribution in [1.82, 2.24) is 4.90 Å². The summed E-state index contributed by atoms with van der Waals surface area (Å²) in [5, 5.41) is 0.691. The van der Waals surface area contributed by atoms with Crippen molar-refractivity contribution in [2.24, 2.45) is 11.8 Å². The van der Waals surface area contributed by atoms with Gasteiger partial charge in [0, 0.05) is 22.7 Å². The van der Waals surface area contributed by atoms with Crippen LogP contribution in [0.3, 0.4) is 0 Å². The molecule has 6 heteroatoms. The molecule has 3 aliphatic rings. The lowest BCUT2D eigenvalue weighted by atomic mass is 9.69. The van der Waals surface area contributed by atoms with E-state index in [1.54, 1.807) is 0 Å². The van der Waals surface area contributed by atoms with E-state index in [0.717, 1.165) is 36.0 Å². The van der Waals surface area contributed by atoms with Gasteiger partial charge in [-0.15, -0.1) is 0 Å². The molecule has 3 fully saturated rings. The van der Waals surface area contributed by atoms with Gasteiger partial charge in [-0.25, -0.2) is 0 Å². The van der Waals surface area contributed by atoms with Gasteiger partial charge < -0.3 is 4.42 Å². The highest BCUT2D eigenvalue weighted by atomic mass is 35.5. The second-order valence-electron chi connectivity index (χ2n) is 8.53. The summed E-state index contributed by atoms with van der Waals surface area (Å²) >= 11 is 13.0. The predicted octanol–water partition coefficient (Wildman–Crippen LogP) is 7.16. The number of hydrogen-bond acceptors (Lipinski definition) is 4. The highest BCUT2D eigenvalue weighted by molar-refractivity contribution is 8.26. The van der Waals surface area contributed by atoms with Crippen LogP contribution in [0.25, 0.3) is 17.4 Å². The molecule has 0 bridgehead atoms. The summed E-state index contributed by atoms with van der Waals surface area (Å²) < 4.78 is 6.65. The van der Waals surface area contributed by atoms with Gasteiger partial charge >= 0.3 is 0 Å². The van der Waals surface area contributed by atoms with Crippen LogP contribution in [0.15, 0.2) is 45.7 Å². The normalized spacial score (nSPS) is 28.2. The van der Waals surface area contributed by atoms with Gasteiger partial charge in [-0.3, -0.25) is 9.69 Å². The summed E-state index contributed by atoms with van der Waals surface area (Å²) in [6, 6.07) is 11.6. The van der Waals surface area contributed by atoms with Crippen LogP contribution in [0, 0.1) is 11.8 Å². The molecule has 0 spiro atoms. The average molecular weight is 458 g/mol. The number of fused-ring (bicyclic) bond motifs is 1. The first-order chi connectivity index (χ1) is 14.6. The van der Waals surface area contributed by atoms with Crippen LogP contribution in [-0.4, -0.2) is 21.2 Å². The minimum absolute atomic E-state index is 0.0358. The third-order valence-electron chi connectivity index (χ3n) is 6.73. The fraction of sp³-hybridized carbons (Fsp3) is 0.417. The topological polar surface area (TPSA) is 33.5 Å². The number of halogens is 1. The van der Waals surface area contributed by atoms with Crippen molar-refractivity contribution in [1.29, 1.82) is 0 Å². The van der Waals surface area contributed by atoms with Gasteiger partial charge in [-0.2, -0.15) is 0 Å². The molecule has 3 nitrogen and oxygen atoms in total. The van der Waals surface area contributed by atoms with E-state index in [2.05, 4.69) is 0 Å².